The van der Waals surface area contributed by atoms with E-state index in [2.05, 4.69) is 21.0 Å². The number of rotatable bonds is 1. The summed E-state index contributed by atoms with van der Waals surface area (Å²) < 4.78 is 1.15. The second-order valence-corrected chi connectivity index (χ2v) is 5.13. The first-order chi connectivity index (χ1) is 8.65. The number of nitrogen functional groups attached to an aromatic ring is 1. The third kappa shape index (κ3) is 1.73. The van der Waals surface area contributed by atoms with Crippen molar-refractivity contribution in [2.24, 2.45) is 0 Å². The van der Waals surface area contributed by atoms with Crippen molar-refractivity contribution < 1.29 is 0 Å². The van der Waals surface area contributed by atoms with E-state index < -0.39 is 0 Å². The van der Waals surface area contributed by atoms with Crippen LogP contribution < -0.4 is 5.73 Å². The average Bonchev–Trinajstić information content (AvgIpc) is 2.70. The van der Waals surface area contributed by atoms with E-state index in [1.165, 1.54) is 0 Å². The predicted octanol–water partition coefficient (Wildman–Crippen LogP) is 2.95. The Balaban J connectivity index is 2.26. The maximum Gasteiger partial charge on any atom is 0.137 e. The fourth-order valence-electron chi connectivity index (χ4n) is 1.98. The van der Waals surface area contributed by atoms with Crippen LogP contribution in [0.2, 0.25) is 0 Å². The number of aromatic nitrogens is 3. The van der Waals surface area contributed by atoms with Crippen molar-refractivity contribution in [1.29, 1.82) is 0 Å². The van der Waals surface area contributed by atoms with Crippen LogP contribution in [0.1, 0.15) is 11.5 Å². The largest absolute Gasteiger partial charge is 0.383 e. The van der Waals surface area contributed by atoms with Gasteiger partial charge in [-0.3, -0.25) is 0 Å². The molecule has 0 saturated heterocycles. The molecule has 0 aliphatic heterocycles. The van der Waals surface area contributed by atoms with Gasteiger partial charge in [-0.25, -0.2) is 15.0 Å². The van der Waals surface area contributed by atoms with E-state index in [0.29, 0.717) is 11.6 Å². The van der Waals surface area contributed by atoms with Crippen LogP contribution in [0.25, 0.3) is 20.8 Å². The van der Waals surface area contributed by atoms with E-state index in [9.17, 15) is 0 Å². The van der Waals surface area contributed by atoms with Crippen LogP contribution >= 0.6 is 11.3 Å². The van der Waals surface area contributed by atoms with Gasteiger partial charge < -0.3 is 5.73 Å². The zero-order chi connectivity index (χ0) is 12.7. The van der Waals surface area contributed by atoms with E-state index in [1.807, 2.05) is 32.0 Å². The fourth-order valence-corrected chi connectivity index (χ4v) is 3.05. The Hall–Kier alpha value is -2.01. The van der Waals surface area contributed by atoms with E-state index in [1.54, 1.807) is 11.3 Å². The van der Waals surface area contributed by atoms with Gasteiger partial charge in [0.25, 0.3) is 0 Å². The molecule has 4 nitrogen and oxygen atoms in total. The lowest BCUT2D eigenvalue weighted by atomic mass is 10.2. The SMILES string of the molecule is Cc1nc(C)c(-c2nc3ccccc3s2)c(N)n1. The van der Waals surface area contributed by atoms with Crippen molar-refractivity contribution in [2.75, 3.05) is 5.73 Å². The Morgan fingerprint density at radius 1 is 1.06 bits per heavy atom. The zero-order valence-electron chi connectivity index (χ0n) is 10.1. The normalized spacial score (nSPS) is 11.0. The van der Waals surface area contributed by atoms with Crippen molar-refractivity contribution in [3.05, 3.63) is 35.8 Å². The summed E-state index contributed by atoms with van der Waals surface area (Å²) in [5.74, 6) is 1.19. The number of benzene rings is 1. The second-order valence-electron chi connectivity index (χ2n) is 4.10. The molecule has 2 N–H and O–H groups in total. The molecule has 0 aliphatic carbocycles. The second kappa shape index (κ2) is 4.03. The Bertz CT molecular complexity index is 677. The summed E-state index contributed by atoms with van der Waals surface area (Å²) >= 11 is 1.61. The Kier molecular flexibility index (Phi) is 2.48. The number of para-hydroxylation sites is 1. The Morgan fingerprint density at radius 2 is 1.83 bits per heavy atom. The number of thiazole rings is 1. The van der Waals surface area contributed by atoms with Gasteiger partial charge in [-0.15, -0.1) is 11.3 Å². The van der Waals surface area contributed by atoms with Gasteiger partial charge in [0, 0.05) is 0 Å². The minimum Gasteiger partial charge on any atom is -0.383 e. The molecule has 0 saturated carbocycles. The Labute approximate surface area is 109 Å². The highest BCUT2D eigenvalue weighted by molar-refractivity contribution is 7.21. The van der Waals surface area contributed by atoms with Crippen LogP contribution in [0.3, 0.4) is 0 Å². The van der Waals surface area contributed by atoms with Gasteiger partial charge >= 0.3 is 0 Å². The molecule has 0 bridgehead atoms. The molecule has 1 aromatic carbocycles. The molecule has 0 fully saturated rings. The molecular weight excluding hydrogens is 244 g/mol. The highest BCUT2D eigenvalue weighted by Gasteiger charge is 2.14. The molecule has 2 heterocycles. The third-order valence-electron chi connectivity index (χ3n) is 2.74. The first-order valence-corrected chi connectivity index (χ1v) is 6.43. The van der Waals surface area contributed by atoms with Gasteiger partial charge in [0.15, 0.2) is 0 Å². The van der Waals surface area contributed by atoms with Crippen molar-refractivity contribution >= 4 is 27.4 Å². The van der Waals surface area contributed by atoms with E-state index in [-0.39, 0.29) is 0 Å². The van der Waals surface area contributed by atoms with Gasteiger partial charge in [-0.2, -0.15) is 0 Å². The van der Waals surface area contributed by atoms with Crippen molar-refractivity contribution in [3.63, 3.8) is 0 Å². The van der Waals surface area contributed by atoms with E-state index in [0.717, 1.165) is 26.5 Å². The third-order valence-corrected chi connectivity index (χ3v) is 3.79. The molecule has 5 heteroatoms. The molecule has 2 aromatic heterocycles. The van der Waals surface area contributed by atoms with Crippen molar-refractivity contribution in [3.8, 4) is 10.6 Å². The van der Waals surface area contributed by atoms with Crippen LogP contribution in [0.15, 0.2) is 24.3 Å². The molecule has 3 rings (SSSR count). The molecule has 0 unspecified atom stereocenters. The zero-order valence-corrected chi connectivity index (χ0v) is 11.0. The van der Waals surface area contributed by atoms with Crippen LogP contribution in [0.4, 0.5) is 5.82 Å². The fraction of sp³-hybridized carbons (Fsp3) is 0.154. The van der Waals surface area contributed by atoms with Crippen LogP contribution in [-0.4, -0.2) is 15.0 Å². The van der Waals surface area contributed by atoms with Crippen molar-refractivity contribution in [2.45, 2.75) is 13.8 Å². The first kappa shape index (κ1) is 11.1. The molecule has 0 atom stereocenters. The van der Waals surface area contributed by atoms with Crippen molar-refractivity contribution in [1.82, 2.24) is 15.0 Å². The summed E-state index contributed by atoms with van der Waals surface area (Å²) in [5.41, 5.74) is 8.70. The van der Waals surface area contributed by atoms with Gasteiger partial charge in [0.1, 0.15) is 16.6 Å². The summed E-state index contributed by atoms with van der Waals surface area (Å²) in [6.07, 6.45) is 0. The number of anilines is 1. The summed E-state index contributed by atoms with van der Waals surface area (Å²) in [6.45, 7) is 3.78. The maximum atomic E-state index is 5.99. The van der Waals surface area contributed by atoms with Gasteiger partial charge in [-0.1, -0.05) is 12.1 Å². The number of fused-ring (bicyclic) bond motifs is 1. The van der Waals surface area contributed by atoms with Crippen LogP contribution in [0.5, 0.6) is 0 Å². The van der Waals surface area contributed by atoms with E-state index >= 15 is 0 Å². The lowest BCUT2D eigenvalue weighted by Crippen LogP contribution is -2.01. The lowest BCUT2D eigenvalue weighted by Gasteiger charge is -2.05. The number of hydrogen-bond donors (Lipinski definition) is 1. The molecule has 0 spiro atoms. The molecule has 3 aromatic rings. The van der Waals surface area contributed by atoms with Crippen LogP contribution in [-0.2, 0) is 0 Å². The molecule has 18 heavy (non-hydrogen) atoms. The summed E-state index contributed by atoms with van der Waals surface area (Å²) in [4.78, 5) is 13.2. The van der Waals surface area contributed by atoms with Gasteiger partial charge in [0.2, 0.25) is 0 Å². The number of hydrogen-bond acceptors (Lipinski definition) is 5. The standard InChI is InChI=1S/C13H12N4S/c1-7-11(12(14)16-8(2)15-7)13-17-9-5-3-4-6-10(9)18-13/h3-6H,1-2H3,(H2,14,15,16). The molecule has 90 valence electrons. The van der Waals surface area contributed by atoms with Gasteiger partial charge in [-0.05, 0) is 26.0 Å². The topological polar surface area (TPSA) is 64.7 Å². The minimum atomic E-state index is 0.499. The molecule has 0 aliphatic rings. The lowest BCUT2D eigenvalue weighted by molar-refractivity contribution is 1.02. The summed E-state index contributed by atoms with van der Waals surface area (Å²) in [7, 11) is 0. The summed E-state index contributed by atoms with van der Waals surface area (Å²) in [5, 5.41) is 0.881. The molecular formula is C13H12N4S. The monoisotopic (exact) mass is 256 g/mol. The predicted molar refractivity (Wildman–Crippen MR) is 74.5 cm³/mol. The van der Waals surface area contributed by atoms with Crippen LogP contribution in [0, 0.1) is 13.8 Å². The quantitative estimate of drug-likeness (QED) is 0.727. The maximum absolute atomic E-state index is 5.99. The number of aryl methyl sites for hydroxylation is 2. The average molecular weight is 256 g/mol. The number of nitrogens with two attached hydrogens (primary N) is 1. The molecule has 0 radical (unpaired) electrons. The molecule has 0 amide bonds. The number of nitrogens with zero attached hydrogens (tertiary/aromatic N) is 3. The highest BCUT2D eigenvalue weighted by atomic mass is 32.1. The smallest absolute Gasteiger partial charge is 0.137 e. The van der Waals surface area contributed by atoms with E-state index in [4.69, 9.17) is 5.73 Å². The highest BCUT2D eigenvalue weighted by Crippen LogP contribution is 2.33. The first-order valence-electron chi connectivity index (χ1n) is 5.62. The van der Waals surface area contributed by atoms with Gasteiger partial charge in [0.05, 0.1) is 21.5 Å². The Morgan fingerprint density at radius 3 is 2.56 bits per heavy atom. The summed E-state index contributed by atoms with van der Waals surface area (Å²) in [6, 6.07) is 8.03. The minimum absolute atomic E-state index is 0.499.